The third-order valence-electron chi connectivity index (χ3n) is 7.87. The van der Waals surface area contributed by atoms with Gasteiger partial charge in [0, 0.05) is 5.56 Å². The Morgan fingerprint density at radius 3 is 2.18 bits per heavy atom. The van der Waals surface area contributed by atoms with Crippen LogP contribution in [0.5, 0.6) is 0 Å². The molecule has 0 unspecified atom stereocenters. The Morgan fingerprint density at radius 1 is 1.06 bits per heavy atom. The predicted octanol–water partition coefficient (Wildman–Crippen LogP) is 3.28. The van der Waals surface area contributed by atoms with Gasteiger partial charge in [0.25, 0.3) is 0 Å². The first-order valence-electron chi connectivity index (χ1n) is 11.7. The van der Waals surface area contributed by atoms with Crippen LogP contribution in [0.2, 0.25) is 0 Å². The zero-order valence-electron chi connectivity index (χ0n) is 19.1. The maximum atomic E-state index is 13.5. The number of allylic oxidation sites excluding steroid dienone is 2. The number of aryl methyl sites for hydroxylation is 1. The zero-order chi connectivity index (χ0) is 23.4. The molecule has 1 aromatic carbocycles. The molecule has 5 aliphatic rings. The van der Waals surface area contributed by atoms with Crippen LogP contribution in [0.15, 0.2) is 36.4 Å². The third kappa shape index (κ3) is 3.65. The lowest BCUT2D eigenvalue weighted by atomic mass is 9.63. The second-order valence-electron chi connectivity index (χ2n) is 9.81. The Balaban J connectivity index is 1.35. The summed E-state index contributed by atoms with van der Waals surface area (Å²) in [5, 5.41) is 0. The number of rotatable bonds is 8. The smallest absolute Gasteiger partial charge is 0.330 e. The fourth-order valence-corrected chi connectivity index (χ4v) is 6.59. The van der Waals surface area contributed by atoms with Crippen molar-refractivity contribution in [3.63, 3.8) is 0 Å². The fourth-order valence-electron chi connectivity index (χ4n) is 6.13. The van der Waals surface area contributed by atoms with E-state index in [1.807, 2.05) is 25.3 Å². The summed E-state index contributed by atoms with van der Waals surface area (Å²) in [5.74, 6) is -0.363. The van der Waals surface area contributed by atoms with Crippen molar-refractivity contribution in [3.8, 4) is 0 Å². The minimum atomic E-state index is -1.00. The monoisotopic (exact) mass is 467 g/mol. The van der Waals surface area contributed by atoms with Crippen molar-refractivity contribution in [2.75, 3.05) is 12.0 Å². The summed E-state index contributed by atoms with van der Waals surface area (Å²) in [5.41, 5.74) is 1.49. The molecule has 174 valence electrons. The molecule has 1 saturated heterocycles. The van der Waals surface area contributed by atoms with Gasteiger partial charge in [0.05, 0.1) is 11.8 Å². The first kappa shape index (κ1) is 22.4. The molecular weight excluding hydrogens is 438 g/mol. The predicted molar refractivity (Wildman–Crippen MR) is 124 cm³/mol. The fraction of sp³-hybridized carbons (Fsp3) is 0.538. The first-order chi connectivity index (χ1) is 15.8. The number of thioether (sulfide) groups is 1. The molecule has 6 rings (SSSR count). The normalized spacial score (nSPS) is 32.9. The molecule has 8 atom stereocenters. The summed E-state index contributed by atoms with van der Waals surface area (Å²) in [6, 6.07) is 6.09. The van der Waals surface area contributed by atoms with E-state index in [-0.39, 0.29) is 41.3 Å². The van der Waals surface area contributed by atoms with Crippen LogP contribution in [0, 0.1) is 42.4 Å². The molecular formula is C26H29NO5S. The Labute approximate surface area is 198 Å². The van der Waals surface area contributed by atoms with Crippen molar-refractivity contribution in [3.05, 3.63) is 47.5 Å². The van der Waals surface area contributed by atoms with E-state index in [0.717, 1.165) is 12.0 Å². The molecule has 0 spiro atoms. The molecule has 2 amide bonds. The SMILES string of the molecule is CSCC[C@H](C(=O)O[C@H](C)C(=O)c1ccc(C)cc1)N1C(=O)[C@@H]2[C@@H]3C=C[C@H]([C@H]4C[C@H]34)[C@@H]2C1=O. The molecule has 33 heavy (non-hydrogen) atoms. The van der Waals surface area contributed by atoms with Crippen molar-refractivity contribution in [2.45, 2.75) is 38.8 Å². The Hall–Kier alpha value is -2.41. The minimum absolute atomic E-state index is 0.103. The summed E-state index contributed by atoms with van der Waals surface area (Å²) in [4.78, 5) is 54.2. The van der Waals surface area contributed by atoms with Gasteiger partial charge in [-0.1, -0.05) is 42.0 Å². The second-order valence-corrected chi connectivity index (χ2v) is 10.8. The number of ketones is 1. The molecule has 7 heteroatoms. The summed E-state index contributed by atoms with van der Waals surface area (Å²) < 4.78 is 5.56. The number of imide groups is 1. The van der Waals surface area contributed by atoms with E-state index in [0.29, 0.717) is 29.6 Å². The molecule has 3 fully saturated rings. The van der Waals surface area contributed by atoms with Gasteiger partial charge in [-0.3, -0.25) is 19.3 Å². The van der Waals surface area contributed by atoms with Crippen molar-refractivity contribution >= 4 is 35.3 Å². The number of amides is 2. The van der Waals surface area contributed by atoms with E-state index < -0.39 is 18.1 Å². The second kappa shape index (κ2) is 8.42. The number of ether oxygens (including phenoxy) is 1. The molecule has 6 nitrogen and oxygen atoms in total. The maximum absolute atomic E-state index is 13.5. The molecule has 2 saturated carbocycles. The number of esters is 1. The quantitative estimate of drug-likeness (QED) is 0.253. The average Bonchev–Trinajstić information content (AvgIpc) is 3.59. The van der Waals surface area contributed by atoms with Crippen LogP contribution in [-0.2, 0) is 19.1 Å². The van der Waals surface area contributed by atoms with Crippen molar-refractivity contribution < 1.29 is 23.9 Å². The van der Waals surface area contributed by atoms with E-state index in [4.69, 9.17) is 4.74 Å². The van der Waals surface area contributed by atoms with Gasteiger partial charge in [-0.15, -0.1) is 0 Å². The molecule has 1 aliphatic heterocycles. The van der Waals surface area contributed by atoms with Crippen LogP contribution in [0.1, 0.15) is 35.7 Å². The first-order valence-corrected chi connectivity index (χ1v) is 13.1. The maximum Gasteiger partial charge on any atom is 0.330 e. The van der Waals surface area contributed by atoms with E-state index in [2.05, 4.69) is 12.2 Å². The van der Waals surface area contributed by atoms with E-state index in [9.17, 15) is 19.2 Å². The molecule has 2 bridgehead atoms. The number of hydrogen-bond acceptors (Lipinski definition) is 6. The standard InChI is InChI=1S/C26H29NO5S/c1-13-4-6-15(7-5-13)23(28)14(2)32-26(31)20(10-11-33-3)27-24(29)21-16-8-9-17(19-12-18(16)19)22(21)25(27)30/h4-9,14,16-22H,10-12H2,1-3H3/t14-,16-,17-,18-,19-,20-,21-,22+/m1/s1. The number of Topliss-reactive ketones (excluding diaryl/α,β-unsaturated/α-hetero) is 1. The largest absolute Gasteiger partial charge is 0.453 e. The highest BCUT2D eigenvalue weighted by Crippen LogP contribution is 2.65. The van der Waals surface area contributed by atoms with E-state index in [1.54, 1.807) is 23.9 Å². The van der Waals surface area contributed by atoms with Gasteiger partial charge in [-0.2, -0.15) is 11.8 Å². The highest BCUT2D eigenvalue weighted by Gasteiger charge is 2.68. The number of nitrogens with zero attached hydrogens (tertiary/aromatic N) is 1. The molecule has 0 aromatic heterocycles. The van der Waals surface area contributed by atoms with E-state index in [1.165, 1.54) is 11.8 Å². The van der Waals surface area contributed by atoms with Crippen LogP contribution in [-0.4, -0.2) is 52.6 Å². The summed E-state index contributed by atoms with van der Waals surface area (Å²) in [6.07, 6.45) is 6.55. The number of carbonyl (C=O) groups is 4. The molecule has 0 N–H and O–H groups in total. The molecule has 4 aliphatic carbocycles. The number of hydrogen-bond donors (Lipinski definition) is 0. The zero-order valence-corrected chi connectivity index (χ0v) is 19.9. The lowest BCUT2D eigenvalue weighted by molar-refractivity contribution is -0.160. The van der Waals surface area contributed by atoms with Crippen LogP contribution >= 0.6 is 11.8 Å². The van der Waals surface area contributed by atoms with Crippen LogP contribution in [0.3, 0.4) is 0 Å². The number of carbonyl (C=O) groups excluding carboxylic acids is 4. The highest BCUT2D eigenvalue weighted by atomic mass is 32.2. The Bertz CT molecular complexity index is 998. The third-order valence-corrected chi connectivity index (χ3v) is 8.52. The van der Waals surface area contributed by atoms with Gasteiger partial charge < -0.3 is 4.74 Å². The van der Waals surface area contributed by atoms with Crippen molar-refractivity contribution in [2.24, 2.45) is 35.5 Å². The van der Waals surface area contributed by atoms with E-state index >= 15 is 0 Å². The number of benzene rings is 1. The molecule has 0 radical (unpaired) electrons. The minimum Gasteiger partial charge on any atom is -0.453 e. The number of likely N-dealkylation sites (tertiary alicyclic amines) is 1. The highest BCUT2D eigenvalue weighted by molar-refractivity contribution is 7.98. The summed E-state index contributed by atoms with van der Waals surface area (Å²) in [7, 11) is 0. The van der Waals surface area contributed by atoms with Gasteiger partial charge >= 0.3 is 5.97 Å². The van der Waals surface area contributed by atoms with Gasteiger partial charge in [-0.05, 0) is 62.4 Å². The van der Waals surface area contributed by atoms with Gasteiger partial charge in [0.2, 0.25) is 17.6 Å². The Kier molecular flexibility index (Phi) is 5.71. The lowest BCUT2D eigenvalue weighted by Gasteiger charge is -2.37. The van der Waals surface area contributed by atoms with Gasteiger partial charge in [0.1, 0.15) is 6.04 Å². The summed E-state index contributed by atoms with van der Waals surface area (Å²) in [6.45, 7) is 3.47. The Morgan fingerprint density at radius 2 is 1.64 bits per heavy atom. The summed E-state index contributed by atoms with van der Waals surface area (Å²) >= 11 is 1.54. The topological polar surface area (TPSA) is 80.8 Å². The van der Waals surface area contributed by atoms with Gasteiger partial charge in [0.15, 0.2) is 6.10 Å². The molecule has 1 heterocycles. The van der Waals surface area contributed by atoms with Gasteiger partial charge in [-0.25, -0.2) is 4.79 Å². The lowest BCUT2D eigenvalue weighted by Crippen LogP contribution is -2.48. The van der Waals surface area contributed by atoms with Crippen molar-refractivity contribution in [1.82, 2.24) is 4.90 Å². The average molecular weight is 468 g/mol. The van der Waals surface area contributed by atoms with Crippen molar-refractivity contribution in [1.29, 1.82) is 0 Å². The molecule has 1 aromatic rings. The van der Waals surface area contributed by atoms with Crippen LogP contribution in [0.25, 0.3) is 0 Å². The van der Waals surface area contributed by atoms with Crippen LogP contribution < -0.4 is 0 Å². The van der Waals surface area contributed by atoms with Crippen LogP contribution in [0.4, 0.5) is 0 Å².